The van der Waals surface area contributed by atoms with Gasteiger partial charge in [0.2, 0.25) is 0 Å². The summed E-state index contributed by atoms with van der Waals surface area (Å²) in [6.07, 6.45) is 2.78. The number of rotatable bonds is 2. The third-order valence-corrected chi connectivity index (χ3v) is 2.51. The van der Waals surface area contributed by atoms with Crippen molar-refractivity contribution >= 4 is 33.3 Å². The van der Waals surface area contributed by atoms with Crippen LogP contribution in [-0.4, -0.2) is 15.9 Å². The molecule has 1 aromatic carbocycles. The van der Waals surface area contributed by atoms with Gasteiger partial charge in [0.25, 0.3) is 5.91 Å². The van der Waals surface area contributed by atoms with Gasteiger partial charge in [-0.3, -0.25) is 4.79 Å². The van der Waals surface area contributed by atoms with Crippen molar-refractivity contribution in [2.45, 2.75) is 0 Å². The van der Waals surface area contributed by atoms with Gasteiger partial charge in [-0.15, -0.1) is 0 Å². The largest absolute Gasteiger partial charge is 0.399 e. The van der Waals surface area contributed by atoms with E-state index in [4.69, 9.17) is 5.73 Å². The molecule has 2 rings (SSSR count). The predicted molar refractivity (Wildman–Crippen MR) is 68.5 cm³/mol. The van der Waals surface area contributed by atoms with Gasteiger partial charge in [0.1, 0.15) is 10.4 Å². The van der Waals surface area contributed by atoms with Gasteiger partial charge in [-0.1, -0.05) is 0 Å². The van der Waals surface area contributed by atoms with Crippen molar-refractivity contribution < 1.29 is 9.18 Å². The lowest BCUT2D eigenvalue weighted by Crippen LogP contribution is -2.15. The van der Waals surface area contributed by atoms with Gasteiger partial charge >= 0.3 is 0 Å². The van der Waals surface area contributed by atoms with Crippen molar-refractivity contribution in [2.75, 3.05) is 11.1 Å². The number of carbonyl (C=O) groups is 1. The first-order valence-corrected chi connectivity index (χ1v) is 5.69. The lowest BCUT2D eigenvalue weighted by atomic mass is 10.2. The second-order valence-electron chi connectivity index (χ2n) is 3.42. The van der Waals surface area contributed by atoms with Gasteiger partial charge < -0.3 is 11.1 Å². The fourth-order valence-electron chi connectivity index (χ4n) is 1.28. The van der Waals surface area contributed by atoms with Gasteiger partial charge in [-0.25, -0.2) is 14.4 Å². The number of nitrogens with two attached hydrogens (primary N) is 1. The molecule has 2 aromatic rings. The topological polar surface area (TPSA) is 80.9 Å². The van der Waals surface area contributed by atoms with Crippen LogP contribution in [0.15, 0.2) is 35.2 Å². The Hall–Kier alpha value is -2.02. The summed E-state index contributed by atoms with van der Waals surface area (Å²) in [5.41, 5.74) is 5.67. The summed E-state index contributed by atoms with van der Waals surface area (Å²) < 4.78 is 14.0. The van der Waals surface area contributed by atoms with Crippen molar-refractivity contribution in [3.8, 4) is 0 Å². The molecule has 1 aromatic heterocycles. The van der Waals surface area contributed by atoms with E-state index in [1.165, 1.54) is 24.5 Å². The molecule has 0 aliphatic carbocycles. The zero-order chi connectivity index (χ0) is 13.1. The molecule has 0 aliphatic heterocycles. The number of nitrogens with one attached hydrogen (secondary N) is 1. The fraction of sp³-hybridized carbons (Fsp3) is 0. The molecule has 0 bridgehead atoms. The quantitative estimate of drug-likeness (QED) is 0.833. The number of anilines is 2. The molecule has 0 aliphatic rings. The van der Waals surface area contributed by atoms with E-state index in [9.17, 15) is 9.18 Å². The van der Waals surface area contributed by atoms with Gasteiger partial charge in [-0.05, 0) is 34.1 Å². The van der Waals surface area contributed by atoms with E-state index in [-0.39, 0.29) is 11.4 Å². The Labute approximate surface area is 110 Å². The number of hydrogen-bond acceptors (Lipinski definition) is 4. The molecule has 18 heavy (non-hydrogen) atoms. The molecule has 1 heterocycles. The Balaban J connectivity index is 2.21. The first kappa shape index (κ1) is 12.4. The first-order chi connectivity index (χ1) is 8.56. The summed E-state index contributed by atoms with van der Waals surface area (Å²) in [5, 5.41) is 2.42. The molecule has 1 amide bonds. The minimum Gasteiger partial charge on any atom is -0.399 e. The number of halogens is 2. The molecule has 5 nitrogen and oxygen atoms in total. The van der Waals surface area contributed by atoms with Crippen LogP contribution in [0.1, 0.15) is 10.4 Å². The minimum atomic E-state index is -0.647. The van der Waals surface area contributed by atoms with Gasteiger partial charge in [0, 0.05) is 5.69 Å². The third kappa shape index (κ3) is 2.80. The first-order valence-electron chi connectivity index (χ1n) is 4.90. The van der Waals surface area contributed by atoms with Gasteiger partial charge in [0.05, 0.1) is 18.0 Å². The second-order valence-corrected chi connectivity index (χ2v) is 4.23. The predicted octanol–water partition coefficient (Wildman–Crippen LogP) is 2.21. The molecule has 0 radical (unpaired) electrons. The number of carbonyl (C=O) groups excluding carboxylic acids is 1. The highest BCUT2D eigenvalue weighted by molar-refractivity contribution is 9.10. The minimum absolute atomic E-state index is 0.139. The standard InChI is InChI=1S/C11H8BrFN4O/c12-9-4-16-10(5-15-9)17-11(18)7-3-6(14)1-2-8(7)13/h1-5H,14H2,(H,16,17,18). The molecule has 0 atom stereocenters. The van der Waals surface area contributed by atoms with Crippen molar-refractivity contribution in [3.63, 3.8) is 0 Å². The molecular weight excluding hydrogens is 303 g/mol. The molecule has 0 saturated heterocycles. The van der Waals surface area contributed by atoms with Crippen molar-refractivity contribution in [2.24, 2.45) is 0 Å². The Bertz CT molecular complexity index is 588. The lowest BCUT2D eigenvalue weighted by molar-refractivity contribution is 0.102. The van der Waals surface area contributed by atoms with Crippen LogP contribution >= 0.6 is 15.9 Å². The van der Waals surface area contributed by atoms with E-state index < -0.39 is 11.7 Å². The maximum atomic E-state index is 13.4. The van der Waals surface area contributed by atoms with Crippen LogP contribution in [0.3, 0.4) is 0 Å². The summed E-state index contributed by atoms with van der Waals surface area (Å²) in [4.78, 5) is 19.6. The smallest absolute Gasteiger partial charge is 0.259 e. The normalized spacial score (nSPS) is 10.1. The van der Waals surface area contributed by atoms with E-state index in [0.717, 1.165) is 6.07 Å². The maximum absolute atomic E-state index is 13.4. The van der Waals surface area contributed by atoms with E-state index in [1.54, 1.807) is 0 Å². The van der Waals surface area contributed by atoms with Crippen LogP contribution in [0.5, 0.6) is 0 Å². The average Bonchev–Trinajstić information content (AvgIpc) is 2.35. The van der Waals surface area contributed by atoms with E-state index in [0.29, 0.717) is 10.3 Å². The summed E-state index contributed by atoms with van der Waals surface area (Å²) >= 11 is 3.11. The van der Waals surface area contributed by atoms with E-state index in [2.05, 4.69) is 31.2 Å². The SMILES string of the molecule is Nc1ccc(F)c(C(=O)Nc2cnc(Br)cn2)c1. The molecule has 0 unspecified atom stereocenters. The van der Waals surface area contributed by atoms with Crippen molar-refractivity contribution in [1.29, 1.82) is 0 Å². The van der Waals surface area contributed by atoms with Crippen molar-refractivity contribution in [1.82, 2.24) is 9.97 Å². The van der Waals surface area contributed by atoms with E-state index in [1.807, 2.05) is 0 Å². The highest BCUT2D eigenvalue weighted by Crippen LogP contribution is 2.14. The Morgan fingerprint density at radius 2 is 2.11 bits per heavy atom. The number of nitrogen functional groups attached to an aromatic ring is 1. The average molecular weight is 311 g/mol. The number of benzene rings is 1. The zero-order valence-corrected chi connectivity index (χ0v) is 10.6. The highest BCUT2D eigenvalue weighted by atomic mass is 79.9. The van der Waals surface area contributed by atoms with Crippen molar-refractivity contribution in [3.05, 3.63) is 46.6 Å². The monoisotopic (exact) mass is 310 g/mol. The van der Waals surface area contributed by atoms with Gasteiger partial charge in [-0.2, -0.15) is 0 Å². The fourth-order valence-corrected chi connectivity index (χ4v) is 1.48. The Morgan fingerprint density at radius 1 is 1.33 bits per heavy atom. The zero-order valence-electron chi connectivity index (χ0n) is 9.02. The van der Waals surface area contributed by atoms with Crippen LogP contribution in [-0.2, 0) is 0 Å². The van der Waals surface area contributed by atoms with Crippen LogP contribution in [0.4, 0.5) is 15.9 Å². The summed E-state index contributed by atoms with van der Waals surface area (Å²) in [6, 6.07) is 3.78. The molecular formula is C11H8BrFN4O. The maximum Gasteiger partial charge on any atom is 0.259 e. The molecule has 0 saturated carbocycles. The molecule has 0 spiro atoms. The van der Waals surface area contributed by atoms with Crippen LogP contribution in [0, 0.1) is 5.82 Å². The highest BCUT2D eigenvalue weighted by Gasteiger charge is 2.12. The third-order valence-electron chi connectivity index (χ3n) is 2.10. The molecule has 3 N–H and O–H groups in total. The van der Waals surface area contributed by atoms with Crippen LogP contribution in [0.25, 0.3) is 0 Å². The Morgan fingerprint density at radius 3 is 2.78 bits per heavy atom. The Kier molecular flexibility index (Phi) is 3.52. The summed E-state index contributed by atoms with van der Waals surface area (Å²) in [5.74, 6) is -1.05. The summed E-state index contributed by atoms with van der Waals surface area (Å²) in [7, 11) is 0. The lowest BCUT2D eigenvalue weighted by Gasteiger charge is -2.05. The number of amides is 1. The second kappa shape index (κ2) is 5.09. The molecule has 7 heteroatoms. The van der Waals surface area contributed by atoms with Crippen LogP contribution in [0.2, 0.25) is 0 Å². The molecule has 92 valence electrons. The molecule has 0 fully saturated rings. The number of nitrogens with zero attached hydrogens (tertiary/aromatic N) is 2. The van der Waals surface area contributed by atoms with E-state index >= 15 is 0 Å². The number of aromatic nitrogens is 2. The summed E-state index contributed by atoms with van der Waals surface area (Å²) in [6.45, 7) is 0. The van der Waals surface area contributed by atoms with Crippen LogP contribution < -0.4 is 11.1 Å². The number of hydrogen-bond donors (Lipinski definition) is 2. The van der Waals surface area contributed by atoms with Gasteiger partial charge in [0.15, 0.2) is 5.82 Å².